The minimum absolute atomic E-state index is 0.668. The summed E-state index contributed by atoms with van der Waals surface area (Å²) in [6.07, 6.45) is 1.02. The lowest BCUT2D eigenvalue weighted by atomic mass is 10.3. The standard InChI is InChI=1S/C15H14BrN3S2/c1-3-9-8-10-13(20-9)18-15(17-2)19-14(10)21-12-7-5-4-6-11(12)16/h4-8H,3H2,1-2H3,(H,17,18,19). The van der Waals surface area contributed by atoms with Crippen LogP contribution in [-0.4, -0.2) is 17.0 Å². The number of aryl methyl sites for hydroxylation is 1. The van der Waals surface area contributed by atoms with Crippen molar-refractivity contribution in [3.05, 3.63) is 39.7 Å². The average molecular weight is 380 g/mol. The molecule has 1 aromatic carbocycles. The molecule has 21 heavy (non-hydrogen) atoms. The predicted molar refractivity (Wildman–Crippen MR) is 94.6 cm³/mol. The summed E-state index contributed by atoms with van der Waals surface area (Å²) in [5.41, 5.74) is 0. The first-order valence-corrected chi connectivity index (χ1v) is 9.04. The Balaban J connectivity index is 2.11. The molecule has 0 bridgehead atoms. The maximum absolute atomic E-state index is 4.63. The molecule has 0 aliphatic carbocycles. The molecule has 0 saturated carbocycles. The van der Waals surface area contributed by atoms with Crippen molar-refractivity contribution >= 4 is 55.2 Å². The van der Waals surface area contributed by atoms with Crippen LogP contribution >= 0.6 is 39.0 Å². The monoisotopic (exact) mass is 379 g/mol. The molecule has 108 valence electrons. The summed E-state index contributed by atoms with van der Waals surface area (Å²) in [6.45, 7) is 2.16. The van der Waals surface area contributed by atoms with Crippen LogP contribution in [0, 0.1) is 0 Å². The Morgan fingerprint density at radius 1 is 1.29 bits per heavy atom. The molecule has 1 N–H and O–H groups in total. The van der Waals surface area contributed by atoms with Crippen molar-refractivity contribution in [3.8, 4) is 0 Å². The van der Waals surface area contributed by atoms with E-state index in [0.29, 0.717) is 5.95 Å². The second kappa shape index (κ2) is 6.34. The second-order valence-electron chi connectivity index (χ2n) is 4.42. The van der Waals surface area contributed by atoms with E-state index in [1.54, 1.807) is 23.1 Å². The number of anilines is 1. The first kappa shape index (κ1) is 14.8. The normalized spacial score (nSPS) is 11.0. The van der Waals surface area contributed by atoms with Crippen LogP contribution in [0.5, 0.6) is 0 Å². The van der Waals surface area contributed by atoms with E-state index in [4.69, 9.17) is 0 Å². The van der Waals surface area contributed by atoms with Crippen LogP contribution in [0.1, 0.15) is 11.8 Å². The fourth-order valence-electron chi connectivity index (χ4n) is 1.94. The third-order valence-electron chi connectivity index (χ3n) is 3.02. The molecule has 0 amide bonds. The Bertz CT molecular complexity index is 786. The van der Waals surface area contributed by atoms with Gasteiger partial charge in [-0.1, -0.05) is 30.8 Å². The first-order valence-electron chi connectivity index (χ1n) is 6.62. The fourth-order valence-corrected chi connectivity index (χ4v) is 4.42. The van der Waals surface area contributed by atoms with Gasteiger partial charge >= 0.3 is 0 Å². The summed E-state index contributed by atoms with van der Waals surface area (Å²) < 4.78 is 1.08. The quantitative estimate of drug-likeness (QED) is 0.631. The molecule has 0 spiro atoms. The third kappa shape index (κ3) is 3.07. The van der Waals surface area contributed by atoms with Gasteiger partial charge in [0.2, 0.25) is 5.95 Å². The minimum atomic E-state index is 0.668. The highest BCUT2D eigenvalue weighted by Crippen LogP contribution is 2.38. The minimum Gasteiger partial charge on any atom is -0.357 e. The molecule has 2 heterocycles. The summed E-state index contributed by atoms with van der Waals surface area (Å²) in [7, 11) is 1.85. The zero-order valence-corrected chi connectivity index (χ0v) is 14.9. The van der Waals surface area contributed by atoms with Gasteiger partial charge in [0.15, 0.2) is 0 Å². The highest BCUT2D eigenvalue weighted by atomic mass is 79.9. The molecule has 2 aromatic heterocycles. The van der Waals surface area contributed by atoms with Crippen molar-refractivity contribution < 1.29 is 0 Å². The van der Waals surface area contributed by atoms with Crippen molar-refractivity contribution in [2.45, 2.75) is 23.3 Å². The lowest BCUT2D eigenvalue weighted by Crippen LogP contribution is -1.96. The molecule has 0 aliphatic rings. The largest absolute Gasteiger partial charge is 0.357 e. The van der Waals surface area contributed by atoms with Gasteiger partial charge in [-0.2, -0.15) is 0 Å². The Morgan fingerprint density at radius 2 is 2.10 bits per heavy atom. The number of hydrogen-bond acceptors (Lipinski definition) is 5. The molecule has 3 rings (SSSR count). The maximum Gasteiger partial charge on any atom is 0.224 e. The maximum atomic E-state index is 4.63. The number of aromatic nitrogens is 2. The van der Waals surface area contributed by atoms with E-state index in [9.17, 15) is 0 Å². The molecule has 0 atom stereocenters. The van der Waals surface area contributed by atoms with Crippen LogP contribution in [-0.2, 0) is 6.42 Å². The molecule has 0 saturated heterocycles. The molecular formula is C15H14BrN3S2. The van der Waals surface area contributed by atoms with E-state index in [-0.39, 0.29) is 0 Å². The number of thiophene rings is 1. The molecule has 0 fully saturated rings. The van der Waals surface area contributed by atoms with E-state index in [1.807, 2.05) is 25.2 Å². The smallest absolute Gasteiger partial charge is 0.224 e. The van der Waals surface area contributed by atoms with Gasteiger partial charge in [-0.3, -0.25) is 0 Å². The number of rotatable bonds is 4. The van der Waals surface area contributed by atoms with Gasteiger partial charge in [-0.25, -0.2) is 9.97 Å². The van der Waals surface area contributed by atoms with Crippen LogP contribution in [0.25, 0.3) is 10.2 Å². The summed E-state index contributed by atoms with van der Waals surface area (Å²) in [5.74, 6) is 0.668. The van der Waals surface area contributed by atoms with Crippen LogP contribution in [0.4, 0.5) is 5.95 Å². The highest BCUT2D eigenvalue weighted by molar-refractivity contribution is 9.10. The van der Waals surface area contributed by atoms with Gasteiger partial charge < -0.3 is 5.32 Å². The van der Waals surface area contributed by atoms with Gasteiger partial charge in [0.25, 0.3) is 0 Å². The first-order chi connectivity index (χ1) is 10.2. The number of nitrogens with zero attached hydrogens (tertiary/aromatic N) is 2. The molecule has 6 heteroatoms. The SMILES string of the molecule is CCc1cc2c(Sc3ccccc3Br)nc(NC)nc2s1. The Kier molecular flexibility index (Phi) is 4.47. The predicted octanol–water partition coefficient (Wildman–Crippen LogP) is 5.21. The number of fused-ring (bicyclic) bond motifs is 1. The molecule has 3 nitrogen and oxygen atoms in total. The number of hydrogen-bond donors (Lipinski definition) is 1. The van der Waals surface area contributed by atoms with E-state index in [1.165, 1.54) is 4.88 Å². The van der Waals surface area contributed by atoms with Crippen molar-refractivity contribution in [2.24, 2.45) is 0 Å². The topological polar surface area (TPSA) is 37.8 Å². The summed E-state index contributed by atoms with van der Waals surface area (Å²) in [4.78, 5) is 12.7. The van der Waals surface area contributed by atoms with Crippen molar-refractivity contribution in [3.63, 3.8) is 0 Å². The van der Waals surface area contributed by atoms with Gasteiger partial charge in [0, 0.05) is 26.7 Å². The van der Waals surface area contributed by atoms with Gasteiger partial charge in [-0.15, -0.1) is 11.3 Å². The van der Waals surface area contributed by atoms with Crippen LogP contribution in [0.15, 0.2) is 44.7 Å². The number of nitrogens with one attached hydrogen (secondary N) is 1. The zero-order valence-electron chi connectivity index (χ0n) is 11.7. The van der Waals surface area contributed by atoms with Crippen molar-refractivity contribution in [1.29, 1.82) is 0 Å². The van der Waals surface area contributed by atoms with Crippen molar-refractivity contribution in [1.82, 2.24) is 9.97 Å². The van der Waals surface area contributed by atoms with Crippen LogP contribution in [0.2, 0.25) is 0 Å². The van der Waals surface area contributed by atoms with E-state index >= 15 is 0 Å². The molecule has 0 radical (unpaired) electrons. The third-order valence-corrected chi connectivity index (χ3v) is 6.23. The van der Waals surface area contributed by atoms with Gasteiger partial charge in [0.1, 0.15) is 9.86 Å². The lowest BCUT2D eigenvalue weighted by molar-refractivity contribution is 1.10. The average Bonchev–Trinajstić information content (AvgIpc) is 2.92. The zero-order chi connectivity index (χ0) is 14.8. The fraction of sp³-hybridized carbons (Fsp3) is 0.200. The lowest BCUT2D eigenvalue weighted by Gasteiger charge is -2.06. The Morgan fingerprint density at radius 3 is 2.81 bits per heavy atom. The van der Waals surface area contributed by atoms with E-state index < -0.39 is 0 Å². The Hall–Kier alpha value is -1.11. The Labute approximate surface area is 140 Å². The summed E-state index contributed by atoms with van der Waals surface area (Å²) >= 11 is 7.00. The molecule has 0 aliphatic heterocycles. The van der Waals surface area contributed by atoms with Gasteiger partial charge in [0.05, 0.1) is 0 Å². The summed E-state index contributed by atoms with van der Waals surface area (Å²) in [6, 6.07) is 10.4. The summed E-state index contributed by atoms with van der Waals surface area (Å²) in [5, 5.41) is 5.18. The molecule has 0 unspecified atom stereocenters. The van der Waals surface area contributed by atoms with Crippen LogP contribution in [0.3, 0.4) is 0 Å². The molecular weight excluding hydrogens is 366 g/mol. The number of benzene rings is 1. The van der Waals surface area contributed by atoms with E-state index in [0.717, 1.165) is 31.0 Å². The number of halogens is 1. The molecule has 3 aromatic rings. The van der Waals surface area contributed by atoms with Gasteiger partial charge in [-0.05, 0) is 40.5 Å². The second-order valence-corrected chi connectivity index (χ2v) is 7.42. The van der Waals surface area contributed by atoms with E-state index in [2.05, 4.69) is 50.3 Å². The van der Waals surface area contributed by atoms with Crippen LogP contribution < -0.4 is 5.32 Å². The van der Waals surface area contributed by atoms with Crippen molar-refractivity contribution in [2.75, 3.05) is 12.4 Å². The highest BCUT2D eigenvalue weighted by Gasteiger charge is 2.13.